The second-order valence-corrected chi connectivity index (χ2v) is 11.6. The molecule has 232 valence electrons. The van der Waals surface area contributed by atoms with E-state index in [2.05, 4.69) is 20.8 Å². The number of ether oxygens (including phenoxy) is 2. The number of carbonyl (C=O) groups is 4. The fraction of sp³-hybridized carbons (Fsp3) is 0.258. The summed E-state index contributed by atoms with van der Waals surface area (Å²) in [5.41, 5.74) is 1.10. The Hall–Kier alpha value is -5.30. The standard InChI is InChI=1S/C31H30ClN7O6/c1-31(2,3)45-29(42)26(17-20-9-12-22(13-10-20)34-30(43)44-23-7-5-4-6-8-23)38-16-15-37(27(40)28(38)41)25-18-21(32)11-14-24(25)39-19-33-35-36-39/h4-14,18-19,26H,15-17H2,1-3H3,(H,34,43). The van der Waals surface area contributed by atoms with E-state index in [4.69, 9.17) is 21.1 Å². The van der Waals surface area contributed by atoms with Crippen molar-refractivity contribution in [3.8, 4) is 11.4 Å². The molecule has 3 amide bonds. The Morgan fingerprint density at radius 3 is 2.36 bits per heavy atom. The Kier molecular flexibility index (Phi) is 9.09. The first kappa shape index (κ1) is 31.1. The molecule has 13 nitrogen and oxygen atoms in total. The average molecular weight is 632 g/mol. The molecule has 5 rings (SSSR count). The zero-order valence-electron chi connectivity index (χ0n) is 24.7. The average Bonchev–Trinajstić information content (AvgIpc) is 3.53. The van der Waals surface area contributed by atoms with Crippen LogP contribution in [0.15, 0.2) is 79.1 Å². The molecule has 2 heterocycles. The summed E-state index contributed by atoms with van der Waals surface area (Å²) >= 11 is 6.24. The Balaban J connectivity index is 1.34. The highest BCUT2D eigenvalue weighted by Gasteiger charge is 2.42. The van der Waals surface area contributed by atoms with Crippen molar-refractivity contribution < 1.29 is 28.7 Å². The van der Waals surface area contributed by atoms with Crippen molar-refractivity contribution in [2.24, 2.45) is 0 Å². The van der Waals surface area contributed by atoms with E-state index in [9.17, 15) is 19.2 Å². The molecule has 0 aliphatic carbocycles. The second-order valence-electron chi connectivity index (χ2n) is 11.1. The number of aromatic nitrogens is 4. The summed E-state index contributed by atoms with van der Waals surface area (Å²) in [4.78, 5) is 55.4. The number of hydrogen-bond acceptors (Lipinski definition) is 9. The zero-order valence-corrected chi connectivity index (χ0v) is 25.5. The number of nitrogens with one attached hydrogen (secondary N) is 1. The lowest BCUT2D eigenvalue weighted by Crippen LogP contribution is -2.60. The molecule has 1 N–H and O–H groups in total. The van der Waals surface area contributed by atoms with Crippen molar-refractivity contribution in [1.82, 2.24) is 25.1 Å². The van der Waals surface area contributed by atoms with Crippen molar-refractivity contribution in [3.63, 3.8) is 0 Å². The summed E-state index contributed by atoms with van der Waals surface area (Å²) in [5.74, 6) is -1.97. The molecule has 1 aliphatic rings. The maximum atomic E-state index is 13.6. The van der Waals surface area contributed by atoms with Gasteiger partial charge in [-0.2, -0.15) is 4.68 Å². The third-order valence-electron chi connectivity index (χ3n) is 6.72. The van der Waals surface area contributed by atoms with Crippen LogP contribution in [0.2, 0.25) is 5.02 Å². The van der Waals surface area contributed by atoms with Gasteiger partial charge in [0.15, 0.2) is 0 Å². The summed E-state index contributed by atoms with van der Waals surface area (Å²) in [7, 11) is 0. The van der Waals surface area contributed by atoms with Crippen LogP contribution in [0.3, 0.4) is 0 Å². The fourth-order valence-corrected chi connectivity index (χ4v) is 4.90. The Bertz CT molecular complexity index is 1690. The third kappa shape index (κ3) is 7.62. The number of rotatable bonds is 8. The van der Waals surface area contributed by atoms with Gasteiger partial charge in [0.05, 0.1) is 11.4 Å². The Morgan fingerprint density at radius 2 is 1.69 bits per heavy atom. The summed E-state index contributed by atoms with van der Waals surface area (Å²) < 4.78 is 12.3. The number of tetrazole rings is 1. The van der Waals surface area contributed by atoms with Gasteiger partial charge in [-0.3, -0.25) is 14.9 Å². The van der Waals surface area contributed by atoms with E-state index >= 15 is 0 Å². The number of para-hydroxylation sites is 1. The minimum atomic E-state index is -1.09. The van der Waals surface area contributed by atoms with Gasteiger partial charge < -0.3 is 19.3 Å². The lowest BCUT2D eigenvalue weighted by Gasteiger charge is -2.38. The highest BCUT2D eigenvalue weighted by Crippen LogP contribution is 2.30. The van der Waals surface area contributed by atoms with Crippen LogP contribution < -0.4 is 15.0 Å². The van der Waals surface area contributed by atoms with E-state index in [0.717, 1.165) is 0 Å². The van der Waals surface area contributed by atoms with E-state index in [1.165, 1.54) is 20.8 Å². The van der Waals surface area contributed by atoms with Crippen LogP contribution in [-0.2, 0) is 25.5 Å². The number of halogens is 1. The largest absolute Gasteiger partial charge is 0.458 e. The Labute approximate surface area is 263 Å². The number of amides is 3. The van der Waals surface area contributed by atoms with Gasteiger partial charge in [0, 0.05) is 30.2 Å². The zero-order chi connectivity index (χ0) is 32.1. The van der Waals surface area contributed by atoms with Crippen LogP contribution in [0, 0.1) is 0 Å². The smallest absolute Gasteiger partial charge is 0.417 e. The first-order chi connectivity index (χ1) is 21.5. The third-order valence-corrected chi connectivity index (χ3v) is 6.95. The number of anilines is 2. The van der Waals surface area contributed by atoms with Crippen molar-refractivity contribution in [2.75, 3.05) is 23.3 Å². The molecule has 0 spiro atoms. The molecule has 1 saturated heterocycles. The van der Waals surface area contributed by atoms with Gasteiger partial charge in [0.25, 0.3) is 0 Å². The number of carbonyl (C=O) groups excluding carboxylic acids is 4. The molecular weight excluding hydrogens is 602 g/mol. The second kappa shape index (κ2) is 13.1. The topological polar surface area (TPSA) is 149 Å². The van der Waals surface area contributed by atoms with Gasteiger partial charge in [0.1, 0.15) is 23.7 Å². The van der Waals surface area contributed by atoms with Gasteiger partial charge >= 0.3 is 23.9 Å². The molecule has 1 aliphatic heterocycles. The minimum absolute atomic E-state index is 0.0427. The van der Waals surface area contributed by atoms with Crippen LogP contribution in [0.4, 0.5) is 16.2 Å². The SMILES string of the molecule is CC(C)(C)OC(=O)C(Cc1ccc(NC(=O)Oc2ccccc2)cc1)N1CCN(c2cc(Cl)ccc2-n2cnnn2)C(=O)C1=O. The molecule has 1 atom stereocenters. The van der Waals surface area contributed by atoms with Crippen LogP contribution >= 0.6 is 11.6 Å². The summed E-state index contributed by atoms with van der Waals surface area (Å²) in [6.45, 7) is 5.29. The normalized spacial score (nSPS) is 14.2. The summed E-state index contributed by atoms with van der Waals surface area (Å²) in [6.07, 6.45) is 0.766. The van der Waals surface area contributed by atoms with Crippen LogP contribution in [0.25, 0.3) is 5.69 Å². The summed E-state index contributed by atoms with van der Waals surface area (Å²) in [5, 5.41) is 14.2. The number of hydrogen-bond donors (Lipinski definition) is 1. The quantitative estimate of drug-likeness (QED) is 0.224. The molecule has 0 bridgehead atoms. The summed E-state index contributed by atoms with van der Waals surface area (Å²) in [6, 6.07) is 19.1. The highest BCUT2D eigenvalue weighted by atomic mass is 35.5. The van der Waals surface area contributed by atoms with E-state index < -0.39 is 35.5 Å². The molecule has 14 heteroatoms. The lowest BCUT2D eigenvalue weighted by atomic mass is 10.0. The predicted octanol–water partition coefficient (Wildman–Crippen LogP) is 4.05. The van der Waals surface area contributed by atoms with Crippen LogP contribution in [-0.4, -0.2) is 73.7 Å². The molecule has 0 saturated carbocycles. The number of piperazine rings is 1. The molecular formula is C31H30ClN7O6. The van der Waals surface area contributed by atoms with Crippen LogP contribution in [0.1, 0.15) is 26.3 Å². The first-order valence-corrected chi connectivity index (χ1v) is 14.4. The van der Waals surface area contributed by atoms with Crippen molar-refractivity contribution in [2.45, 2.75) is 38.8 Å². The van der Waals surface area contributed by atoms with Gasteiger partial charge in [-0.15, -0.1) is 5.10 Å². The van der Waals surface area contributed by atoms with E-state index in [1.807, 2.05) is 6.07 Å². The maximum Gasteiger partial charge on any atom is 0.417 e. The molecule has 45 heavy (non-hydrogen) atoms. The van der Waals surface area contributed by atoms with Crippen molar-refractivity contribution in [1.29, 1.82) is 0 Å². The fourth-order valence-electron chi connectivity index (χ4n) is 4.73. The molecule has 1 aromatic heterocycles. The minimum Gasteiger partial charge on any atom is -0.458 e. The predicted molar refractivity (Wildman–Crippen MR) is 164 cm³/mol. The van der Waals surface area contributed by atoms with Crippen molar-refractivity contribution >= 4 is 46.9 Å². The van der Waals surface area contributed by atoms with Gasteiger partial charge in [-0.1, -0.05) is 41.9 Å². The number of esters is 1. The molecule has 1 fully saturated rings. The van der Waals surface area contributed by atoms with E-state index in [0.29, 0.717) is 33.4 Å². The maximum absolute atomic E-state index is 13.6. The first-order valence-electron chi connectivity index (χ1n) is 14.0. The molecule has 3 aromatic carbocycles. The highest BCUT2D eigenvalue weighted by molar-refractivity contribution is 6.41. The van der Waals surface area contributed by atoms with Gasteiger partial charge in [-0.25, -0.2) is 9.59 Å². The van der Waals surface area contributed by atoms with Crippen molar-refractivity contribution in [3.05, 3.63) is 89.7 Å². The van der Waals surface area contributed by atoms with E-state index in [1.54, 1.807) is 87.5 Å². The Morgan fingerprint density at radius 1 is 0.956 bits per heavy atom. The number of nitrogens with zero attached hydrogens (tertiary/aromatic N) is 6. The van der Waals surface area contributed by atoms with E-state index in [-0.39, 0.29) is 19.5 Å². The number of benzene rings is 3. The molecule has 4 aromatic rings. The lowest BCUT2D eigenvalue weighted by molar-refractivity contribution is -0.166. The van der Waals surface area contributed by atoms with Gasteiger partial charge in [-0.05, 0) is 79.2 Å². The van der Waals surface area contributed by atoms with Crippen LogP contribution in [0.5, 0.6) is 5.75 Å². The van der Waals surface area contributed by atoms with Gasteiger partial charge in [0.2, 0.25) is 0 Å². The monoisotopic (exact) mass is 631 g/mol. The molecule has 0 radical (unpaired) electrons. The molecule has 1 unspecified atom stereocenters.